The second kappa shape index (κ2) is 4.73. The minimum atomic E-state index is 1.18. The fourth-order valence-corrected chi connectivity index (χ4v) is 2.37. The monoisotopic (exact) mass is 249 g/mol. The van der Waals surface area contributed by atoms with Gasteiger partial charge in [0.25, 0.3) is 0 Å². The Kier molecular flexibility index (Phi) is 2.92. The minimum Gasteiger partial charge on any atom is -0.232 e. The first-order valence-corrected chi connectivity index (χ1v) is 6.45. The molecule has 0 spiro atoms. The lowest BCUT2D eigenvalue weighted by atomic mass is 10.1. The first kappa shape index (κ1) is 11.7. The zero-order valence-electron chi connectivity index (χ0n) is 11.2. The molecule has 0 aliphatic carbocycles. The van der Waals surface area contributed by atoms with Crippen molar-refractivity contribution in [3.63, 3.8) is 0 Å². The van der Waals surface area contributed by atoms with Gasteiger partial charge in [-0.2, -0.15) is 0 Å². The first-order chi connectivity index (χ1) is 9.25. The van der Waals surface area contributed by atoms with Gasteiger partial charge < -0.3 is 0 Å². The molecular weight excluding hydrogens is 232 g/mol. The highest BCUT2D eigenvalue weighted by atomic mass is 15.1. The molecule has 2 nitrogen and oxygen atoms in total. The van der Waals surface area contributed by atoms with Gasteiger partial charge in [-0.25, -0.2) is 9.13 Å². The molecule has 3 rings (SSSR count). The lowest BCUT2D eigenvalue weighted by molar-refractivity contribution is -0.659. The molecule has 0 aliphatic heterocycles. The highest BCUT2D eigenvalue weighted by molar-refractivity contribution is 5.60. The van der Waals surface area contributed by atoms with Gasteiger partial charge in [0.2, 0.25) is 6.33 Å². The Bertz CT molecular complexity index is 696. The lowest BCUT2D eigenvalue weighted by Gasteiger charge is -2.00. The molecule has 0 atom stereocenters. The number of hydrogen-bond acceptors (Lipinski definition) is 0. The van der Waals surface area contributed by atoms with E-state index in [1.54, 1.807) is 0 Å². The topological polar surface area (TPSA) is 8.81 Å². The van der Waals surface area contributed by atoms with Crippen LogP contribution in [0.1, 0.15) is 5.56 Å². The van der Waals surface area contributed by atoms with Crippen molar-refractivity contribution in [2.75, 3.05) is 0 Å². The van der Waals surface area contributed by atoms with E-state index in [0.717, 1.165) is 0 Å². The van der Waals surface area contributed by atoms with Crippen molar-refractivity contribution in [2.45, 2.75) is 6.92 Å². The van der Waals surface area contributed by atoms with Crippen LogP contribution >= 0.6 is 0 Å². The van der Waals surface area contributed by atoms with Gasteiger partial charge in [-0.1, -0.05) is 42.5 Å². The molecule has 19 heavy (non-hydrogen) atoms. The van der Waals surface area contributed by atoms with E-state index in [0.29, 0.717) is 0 Å². The summed E-state index contributed by atoms with van der Waals surface area (Å²) < 4.78 is 4.32. The summed E-state index contributed by atoms with van der Waals surface area (Å²) in [6, 6.07) is 18.9. The van der Waals surface area contributed by atoms with Crippen molar-refractivity contribution in [3.8, 4) is 16.9 Å². The lowest BCUT2D eigenvalue weighted by Crippen LogP contribution is -2.27. The van der Waals surface area contributed by atoms with Crippen LogP contribution < -0.4 is 4.57 Å². The fraction of sp³-hybridized carbons (Fsp3) is 0.118. The predicted molar refractivity (Wildman–Crippen MR) is 77.1 cm³/mol. The van der Waals surface area contributed by atoms with Gasteiger partial charge in [-0.05, 0) is 24.6 Å². The number of hydrogen-bond donors (Lipinski definition) is 0. The van der Waals surface area contributed by atoms with Gasteiger partial charge in [0, 0.05) is 5.56 Å². The molecule has 0 saturated carbocycles. The second-order valence-electron chi connectivity index (χ2n) is 4.80. The van der Waals surface area contributed by atoms with Crippen molar-refractivity contribution >= 4 is 0 Å². The van der Waals surface area contributed by atoms with E-state index in [2.05, 4.69) is 84.2 Å². The predicted octanol–water partition coefficient (Wildman–Crippen LogP) is 3.28. The van der Waals surface area contributed by atoms with Crippen LogP contribution in [0.2, 0.25) is 0 Å². The quantitative estimate of drug-likeness (QED) is 0.616. The number of para-hydroxylation sites is 1. The molecular formula is C17H17N2+. The zero-order chi connectivity index (χ0) is 13.2. The van der Waals surface area contributed by atoms with E-state index in [9.17, 15) is 0 Å². The van der Waals surface area contributed by atoms with E-state index in [1.807, 2.05) is 6.07 Å². The summed E-state index contributed by atoms with van der Waals surface area (Å²) >= 11 is 0. The van der Waals surface area contributed by atoms with Crippen LogP contribution in [-0.4, -0.2) is 4.57 Å². The van der Waals surface area contributed by atoms with Gasteiger partial charge >= 0.3 is 0 Å². The Labute approximate surface area is 113 Å². The third kappa shape index (κ3) is 2.17. The second-order valence-corrected chi connectivity index (χ2v) is 4.80. The number of rotatable bonds is 2. The SMILES string of the molecule is Cc1ccccc1-c1cn(-c2ccccc2)c[n+]1C. The number of aryl methyl sites for hydroxylation is 2. The molecule has 2 heteroatoms. The van der Waals surface area contributed by atoms with E-state index < -0.39 is 0 Å². The van der Waals surface area contributed by atoms with Crippen LogP contribution in [-0.2, 0) is 7.05 Å². The molecule has 0 saturated heterocycles. The Morgan fingerprint density at radius 2 is 1.58 bits per heavy atom. The molecule has 0 aliphatic rings. The summed E-state index contributed by atoms with van der Waals surface area (Å²) in [6.07, 6.45) is 4.29. The van der Waals surface area contributed by atoms with Crippen molar-refractivity contribution < 1.29 is 4.57 Å². The van der Waals surface area contributed by atoms with E-state index in [4.69, 9.17) is 0 Å². The van der Waals surface area contributed by atoms with Crippen LogP contribution in [0.3, 0.4) is 0 Å². The summed E-state index contributed by atoms with van der Waals surface area (Å²) in [5, 5.41) is 0. The van der Waals surface area contributed by atoms with Crippen molar-refractivity contribution in [1.29, 1.82) is 0 Å². The molecule has 0 amide bonds. The van der Waals surface area contributed by atoms with Crippen LogP contribution in [0.15, 0.2) is 67.1 Å². The van der Waals surface area contributed by atoms with Gasteiger partial charge in [-0.3, -0.25) is 0 Å². The summed E-state index contributed by atoms with van der Waals surface area (Å²) in [5.74, 6) is 0. The Hall–Kier alpha value is -2.35. The summed E-state index contributed by atoms with van der Waals surface area (Å²) in [4.78, 5) is 0. The number of aromatic nitrogens is 2. The standard InChI is InChI=1S/C17H17N2/c1-14-8-6-7-11-16(14)17-12-19(13-18(17)2)15-9-4-3-5-10-15/h3-13H,1-2H3/q+1. The Morgan fingerprint density at radius 3 is 2.32 bits per heavy atom. The van der Waals surface area contributed by atoms with Crippen molar-refractivity contribution in [3.05, 3.63) is 72.7 Å². The third-order valence-corrected chi connectivity index (χ3v) is 3.41. The number of benzene rings is 2. The third-order valence-electron chi connectivity index (χ3n) is 3.41. The largest absolute Gasteiger partial charge is 0.249 e. The zero-order valence-corrected chi connectivity index (χ0v) is 11.2. The van der Waals surface area contributed by atoms with Crippen LogP contribution in [0.4, 0.5) is 0 Å². The summed E-state index contributed by atoms with van der Waals surface area (Å²) in [7, 11) is 2.08. The van der Waals surface area contributed by atoms with Gasteiger partial charge in [0.05, 0.1) is 7.05 Å². The van der Waals surface area contributed by atoms with Crippen molar-refractivity contribution in [1.82, 2.24) is 4.57 Å². The van der Waals surface area contributed by atoms with Crippen LogP contribution in [0.25, 0.3) is 16.9 Å². The molecule has 2 aromatic carbocycles. The number of nitrogens with zero attached hydrogens (tertiary/aromatic N) is 2. The molecule has 0 radical (unpaired) electrons. The fourth-order valence-electron chi connectivity index (χ4n) is 2.37. The summed E-state index contributed by atoms with van der Waals surface area (Å²) in [6.45, 7) is 2.15. The average molecular weight is 249 g/mol. The summed E-state index contributed by atoms with van der Waals surface area (Å²) in [5.41, 5.74) is 4.98. The van der Waals surface area contributed by atoms with Gasteiger partial charge in [0.15, 0.2) is 5.69 Å². The molecule has 0 fully saturated rings. The van der Waals surface area contributed by atoms with Crippen LogP contribution in [0, 0.1) is 6.92 Å². The molecule has 3 aromatic rings. The number of imidazole rings is 1. The van der Waals surface area contributed by atoms with Crippen molar-refractivity contribution in [2.24, 2.45) is 7.05 Å². The maximum absolute atomic E-state index is 2.18. The Balaban J connectivity index is 2.11. The smallest absolute Gasteiger partial charge is 0.232 e. The molecule has 0 unspecified atom stereocenters. The van der Waals surface area contributed by atoms with Gasteiger partial charge in [-0.15, -0.1) is 0 Å². The molecule has 1 heterocycles. The highest BCUT2D eigenvalue weighted by Gasteiger charge is 2.14. The van der Waals surface area contributed by atoms with Crippen LogP contribution in [0.5, 0.6) is 0 Å². The molecule has 0 bridgehead atoms. The highest BCUT2D eigenvalue weighted by Crippen LogP contribution is 2.20. The van der Waals surface area contributed by atoms with E-state index in [1.165, 1.54) is 22.5 Å². The molecule has 1 aromatic heterocycles. The van der Waals surface area contributed by atoms with Gasteiger partial charge in [0.1, 0.15) is 11.9 Å². The minimum absolute atomic E-state index is 1.18. The molecule has 0 N–H and O–H groups in total. The Morgan fingerprint density at radius 1 is 0.895 bits per heavy atom. The first-order valence-electron chi connectivity index (χ1n) is 6.45. The maximum atomic E-state index is 2.18. The maximum Gasteiger partial charge on any atom is 0.249 e. The average Bonchev–Trinajstić information content (AvgIpc) is 2.82. The normalized spacial score (nSPS) is 10.6. The van der Waals surface area contributed by atoms with E-state index >= 15 is 0 Å². The molecule has 94 valence electrons. The van der Waals surface area contributed by atoms with E-state index in [-0.39, 0.29) is 0 Å².